The van der Waals surface area contributed by atoms with Gasteiger partial charge in [-0.1, -0.05) is 75.8 Å². The van der Waals surface area contributed by atoms with Crippen LogP contribution < -0.4 is 0 Å². The molecule has 1 nitrogen and oxygen atoms in total. The number of nitrogens with zero attached hydrogens (tertiary/aromatic N) is 1. The van der Waals surface area contributed by atoms with Gasteiger partial charge in [0.15, 0.2) is 0 Å². The fourth-order valence-electron chi connectivity index (χ4n) is 3.52. The molecule has 0 aromatic carbocycles. The van der Waals surface area contributed by atoms with Gasteiger partial charge in [0.1, 0.15) is 0 Å². The first-order chi connectivity index (χ1) is 8.64. The van der Waals surface area contributed by atoms with Crippen molar-refractivity contribution in [1.29, 1.82) is 0 Å². The van der Waals surface area contributed by atoms with Gasteiger partial charge in [-0.15, -0.1) is 0 Å². The van der Waals surface area contributed by atoms with Gasteiger partial charge >= 0.3 is 0 Å². The molecule has 2 unspecified atom stereocenters. The van der Waals surface area contributed by atoms with Gasteiger partial charge in [-0.25, -0.2) is 0 Å². The predicted molar refractivity (Wildman–Crippen MR) is 93.7 cm³/mol. The standard InChI is InChI=1S/C15H32BNP2/c1-14(2,3)18-16(19(18)15(4,5)6)17(7)13-11-9-8-10-12-13/h13H,8-12H2,1-7H3. The van der Waals surface area contributed by atoms with Crippen LogP contribution in [-0.2, 0) is 0 Å². The fourth-order valence-corrected chi connectivity index (χ4v) is 16.4. The molecule has 1 saturated heterocycles. The molecule has 0 radical (unpaired) electrons. The first-order valence-electron chi connectivity index (χ1n) is 7.94. The normalized spacial score (nSPS) is 30.0. The molecule has 2 aliphatic rings. The Labute approximate surface area is 123 Å². The van der Waals surface area contributed by atoms with Crippen LogP contribution in [0.2, 0.25) is 0 Å². The molecule has 110 valence electrons. The van der Waals surface area contributed by atoms with Crippen LogP contribution in [0.25, 0.3) is 0 Å². The van der Waals surface area contributed by atoms with Crippen molar-refractivity contribution in [2.45, 2.75) is 90.0 Å². The Balaban J connectivity index is 2.09. The quantitative estimate of drug-likeness (QED) is 0.465. The molecule has 0 spiro atoms. The maximum atomic E-state index is 2.83. The summed E-state index contributed by atoms with van der Waals surface area (Å²) in [7, 11) is 2.88. The molecule has 0 bridgehead atoms. The van der Waals surface area contributed by atoms with Crippen LogP contribution in [0, 0.1) is 0 Å². The molecule has 0 aromatic heterocycles. The summed E-state index contributed by atoms with van der Waals surface area (Å²) in [4.78, 5) is 2.83. The van der Waals surface area contributed by atoms with Gasteiger partial charge in [-0.3, -0.25) is 0 Å². The third-order valence-electron chi connectivity index (χ3n) is 4.50. The number of rotatable bonds is 2. The van der Waals surface area contributed by atoms with Crippen LogP contribution in [0.4, 0.5) is 0 Å². The largest absolute Gasteiger partial charge is 0.334 e. The topological polar surface area (TPSA) is 3.24 Å². The van der Waals surface area contributed by atoms with Crippen LogP contribution in [0.5, 0.6) is 0 Å². The van der Waals surface area contributed by atoms with Crippen LogP contribution >= 0.6 is 15.0 Å². The van der Waals surface area contributed by atoms with Gasteiger partial charge in [-0.2, -0.15) is 0 Å². The van der Waals surface area contributed by atoms with E-state index in [-0.39, 0.29) is 15.0 Å². The Bertz CT molecular complexity index is 295. The van der Waals surface area contributed by atoms with Crippen molar-refractivity contribution in [2.24, 2.45) is 0 Å². The summed E-state index contributed by atoms with van der Waals surface area (Å²) in [6, 6.07) is 0.890. The molecule has 19 heavy (non-hydrogen) atoms. The third-order valence-corrected chi connectivity index (χ3v) is 15.8. The monoisotopic (exact) mass is 299 g/mol. The third kappa shape index (κ3) is 3.56. The van der Waals surface area contributed by atoms with Gasteiger partial charge < -0.3 is 4.81 Å². The zero-order chi connectivity index (χ0) is 14.4. The SMILES string of the molecule is CN(B1P(C(C)(C)C)P1C(C)(C)C)C1CCCCC1. The van der Waals surface area contributed by atoms with Crippen LogP contribution in [0.15, 0.2) is 0 Å². The van der Waals surface area contributed by atoms with Gasteiger partial charge in [0.25, 0.3) is 6.29 Å². The molecular weight excluding hydrogens is 267 g/mol. The van der Waals surface area contributed by atoms with E-state index in [9.17, 15) is 0 Å². The van der Waals surface area contributed by atoms with E-state index < -0.39 is 0 Å². The predicted octanol–water partition coefficient (Wildman–Crippen LogP) is 5.73. The van der Waals surface area contributed by atoms with Crippen molar-refractivity contribution in [2.75, 3.05) is 7.05 Å². The molecule has 0 amide bonds. The molecule has 4 heteroatoms. The van der Waals surface area contributed by atoms with E-state index in [0.717, 1.165) is 12.3 Å². The minimum Gasteiger partial charge on any atom is -0.334 e. The summed E-state index contributed by atoms with van der Waals surface area (Å²) in [5, 5.41) is 1.09. The molecule has 1 heterocycles. The summed E-state index contributed by atoms with van der Waals surface area (Å²) >= 11 is 0. The minimum atomic E-state index is 0.220. The van der Waals surface area contributed by atoms with Crippen molar-refractivity contribution < 1.29 is 0 Å². The minimum absolute atomic E-state index is 0.220. The molecule has 2 fully saturated rings. The second-order valence-electron chi connectivity index (χ2n) is 8.33. The summed E-state index contributed by atoms with van der Waals surface area (Å²) in [6.07, 6.45) is 8.25. The van der Waals surface area contributed by atoms with E-state index in [1.54, 1.807) is 0 Å². The molecule has 1 aliphatic carbocycles. The number of hydrogen-bond acceptors (Lipinski definition) is 1. The van der Waals surface area contributed by atoms with E-state index in [0.29, 0.717) is 10.3 Å². The molecule has 0 aromatic rings. The lowest BCUT2D eigenvalue weighted by Crippen LogP contribution is -2.38. The lowest BCUT2D eigenvalue weighted by molar-refractivity contribution is 0.293. The molecule has 0 N–H and O–H groups in total. The molecule has 1 aliphatic heterocycles. The Morgan fingerprint density at radius 1 is 0.842 bits per heavy atom. The zero-order valence-electron chi connectivity index (χ0n) is 14.0. The Morgan fingerprint density at radius 2 is 1.26 bits per heavy atom. The van der Waals surface area contributed by atoms with Crippen LogP contribution in [0.1, 0.15) is 73.6 Å². The highest BCUT2D eigenvalue weighted by molar-refractivity contribution is 8.79. The second-order valence-corrected chi connectivity index (χ2v) is 16.4. The second kappa shape index (κ2) is 5.59. The fraction of sp³-hybridized carbons (Fsp3) is 1.00. The lowest BCUT2D eigenvalue weighted by Gasteiger charge is -2.32. The van der Waals surface area contributed by atoms with Gasteiger partial charge in [0.05, 0.1) is 0 Å². The summed E-state index contributed by atoms with van der Waals surface area (Å²) in [6.45, 7) is 14.9. The smallest absolute Gasteiger partial charge is 0.291 e. The first-order valence-corrected chi connectivity index (χ1v) is 11.5. The van der Waals surface area contributed by atoms with Crippen molar-refractivity contribution in [3.05, 3.63) is 0 Å². The van der Waals surface area contributed by atoms with E-state index in [2.05, 4.69) is 53.4 Å². The maximum Gasteiger partial charge on any atom is 0.291 e. The van der Waals surface area contributed by atoms with Gasteiger partial charge in [0.2, 0.25) is 0 Å². The van der Waals surface area contributed by atoms with Crippen LogP contribution in [-0.4, -0.2) is 34.5 Å². The molecule has 2 atom stereocenters. The zero-order valence-corrected chi connectivity index (χ0v) is 15.8. The molecular formula is C15H32BNP2. The van der Waals surface area contributed by atoms with E-state index in [1.165, 1.54) is 32.1 Å². The summed E-state index contributed by atoms with van der Waals surface area (Å²) < 4.78 is 0. The molecule has 1 saturated carbocycles. The van der Waals surface area contributed by atoms with Gasteiger partial charge in [0, 0.05) is 0 Å². The van der Waals surface area contributed by atoms with E-state index in [4.69, 9.17) is 0 Å². The Kier molecular flexibility index (Phi) is 4.78. The van der Waals surface area contributed by atoms with Crippen molar-refractivity contribution >= 4 is 21.3 Å². The van der Waals surface area contributed by atoms with Gasteiger partial charge in [-0.05, 0) is 36.2 Å². The molecule has 2 rings (SSSR count). The maximum absolute atomic E-state index is 2.83. The van der Waals surface area contributed by atoms with Crippen molar-refractivity contribution in [3.63, 3.8) is 0 Å². The average Bonchev–Trinajstić information content (AvgIpc) is 3.03. The summed E-state index contributed by atoms with van der Waals surface area (Å²) in [5.41, 5.74) is 0. The number of hydrogen-bond donors (Lipinski definition) is 0. The van der Waals surface area contributed by atoms with Crippen molar-refractivity contribution in [3.8, 4) is 0 Å². The lowest BCUT2D eigenvalue weighted by atomic mass is 9.92. The average molecular weight is 299 g/mol. The van der Waals surface area contributed by atoms with Crippen LogP contribution in [0.3, 0.4) is 0 Å². The first kappa shape index (κ1) is 16.3. The highest BCUT2D eigenvalue weighted by Crippen LogP contribution is 3.00. The van der Waals surface area contributed by atoms with Crippen molar-refractivity contribution in [1.82, 2.24) is 4.81 Å². The Morgan fingerprint density at radius 3 is 1.63 bits per heavy atom. The van der Waals surface area contributed by atoms with E-state index >= 15 is 0 Å². The van der Waals surface area contributed by atoms with E-state index in [1.807, 2.05) is 0 Å². The summed E-state index contributed by atoms with van der Waals surface area (Å²) in [5.74, 6) is 0. The highest BCUT2D eigenvalue weighted by Gasteiger charge is 2.65. The highest BCUT2D eigenvalue weighted by atomic mass is 32.1. The Hall–Kier alpha value is 0.885.